The van der Waals surface area contributed by atoms with Crippen LogP contribution in [0.15, 0.2) is 23.6 Å². The number of rotatable bonds is 6. The van der Waals surface area contributed by atoms with Crippen molar-refractivity contribution in [2.24, 2.45) is 0 Å². The molecule has 1 heterocycles. The topological polar surface area (TPSA) is 80.8 Å². The summed E-state index contributed by atoms with van der Waals surface area (Å²) in [6.07, 6.45) is 0. The van der Waals surface area contributed by atoms with Crippen LogP contribution in [0.2, 0.25) is 0 Å². The van der Waals surface area contributed by atoms with Gasteiger partial charge in [0.2, 0.25) is 5.91 Å². The van der Waals surface area contributed by atoms with E-state index in [1.54, 1.807) is 45.8 Å². The molecule has 24 heavy (non-hydrogen) atoms. The number of carbonyl (C=O) groups excluding carboxylic acids is 2. The molecule has 0 bridgehead atoms. The van der Waals surface area contributed by atoms with Crippen LogP contribution in [-0.2, 0) is 4.79 Å². The summed E-state index contributed by atoms with van der Waals surface area (Å²) in [7, 11) is 6.39. The second-order valence-electron chi connectivity index (χ2n) is 5.08. The SMILES string of the molecule is COc1ccc(-c2nc(C(=O)NCC(=O)N(C)C)cs2)cc1OC. The average Bonchev–Trinajstić information content (AvgIpc) is 3.08. The van der Waals surface area contributed by atoms with Crippen LogP contribution in [0, 0.1) is 0 Å². The van der Waals surface area contributed by atoms with E-state index in [2.05, 4.69) is 10.3 Å². The number of thiazole rings is 1. The first-order valence-electron chi connectivity index (χ1n) is 7.12. The van der Waals surface area contributed by atoms with Crippen molar-refractivity contribution in [3.05, 3.63) is 29.3 Å². The number of nitrogens with one attached hydrogen (secondary N) is 1. The van der Waals surface area contributed by atoms with Gasteiger partial charge in [0.05, 0.1) is 20.8 Å². The molecule has 0 aliphatic rings. The second-order valence-corrected chi connectivity index (χ2v) is 5.94. The Morgan fingerprint density at radius 2 is 1.92 bits per heavy atom. The summed E-state index contributed by atoms with van der Waals surface area (Å²) in [6.45, 7) is -0.0605. The smallest absolute Gasteiger partial charge is 0.271 e. The zero-order chi connectivity index (χ0) is 17.7. The molecule has 7 nitrogen and oxygen atoms in total. The molecule has 2 rings (SSSR count). The third-order valence-electron chi connectivity index (χ3n) is 3.27. The van der Waals surface area contributed by atoms with Crippen molar-refractivity contribution in [1.82, 2.24) is 15.2 Å². The molecule has 1 aromatic heterocycles. The second kappa shape index (κ2) is 7.78. The summed E-state index contributed by atoms with van der Waals surface area (Å²) in [4.78, 5) is 29.3. The van der Waals surface area contributed by atoms with E-state index < -0.39 is 0 Å². The summed E-state index contributed by atoms with van der Waals surface area (Å²) in [5, 5.41) is 4.89. The van der Waals surface area contributed by atoms with Gasteiger partial charge in [0.15, 0.2) is 11.5 Å². The number of nitrogens with zero attached hydrogens (tertiary/aromatic N) is 2. The lowest BCUT2D eigenvalue weighted by atomic mass is 10.2. The molecule has 0 atom stereocenters. The highest BCUT2D eigenvalue weighted by molar-refractivity contribution is 7.13. The number of methoxy groups -OCH3 is 2. The van der Waals surface area contributed by atoms with Crippen molar-refractivity contribution in [3.8, 4) is 22.1 Å². The van der Waals surface area contributed by atoms with Gasteiger partial charge in [-0.2, -0.15) is 0 Å². The fourth-order valence-corrected chi connectivity index (χ4v) is 2.68. The van der Waals surface area contributed by atoms with E-state index in [1.807, 2.05) is 6.07 Å². The molecule has 0 spiro atoms. The van der Waals surface area contributed by atoms with Crippen molar-refractivity contribution < 1.29 is 19.1 Å². The third kappa shape index (κ3) is 4.02. The highest BCUT2D eigenvalue weighted by atomic mass is 32.1. The molecular weight excluding hydrogens is 330 g/mol. The van der Waals surface area contributed by atoms with Crippen LogP contribution >= 0.6 is 11.3 Å². The van der Waals surface area contributed by atoms with Gasteiger partial charge < -0.3 is 19.7 Å². The lowest BCUT2D eigenvalue weighted by molar-refractivity contribution is -0.127. The number of hydrogen-bond acceptors (Lipinski definition) is 6. The van der Waals surface area contributed by atoms with Crippen LogP contribution in [0.3, 0.4) is 0 Å². The van der Waals surface area contributed by atoms with Gasteiger partial charge in [-0.25, -0.2) is 4.98 Å². The maximum Gasteiger partial charge on any atom is 0.271 e. The van der Waals surface area contributed by atoms with Gasteiger partial charge in [0.1, 0.15) is 10.7 Å². The van der Waals surface area contributed by atoms with Crippen molar-refractivity contribution in [2.75, 3.05) is 34.9 Å². The minimum atomic E-state index is -0.381. The molecule has 0 radical (unpaired) electrons. The van der Waals surface area contributed by atoms with Gasteiger partial charge in [0.25, 0.3) is 5.91 Å². The maximum absolute atomic E-state index is 12.1. The molecule has 128 valence electrons. The average molecular weight is 349 g/mol. The van der Waals surface area contributed by atoms with Crippen LogP contribution < -0.4 is 14.8 Å². The minimum absolute atomic E-state index is 0.0605. The Morgan fingerprint density at radius 1 is 1.21 bits per heavy atom. The summed E-state index contributed by atoms with van der Waals surface area (Å²) in [5.41, 5.74) is 1.09. The fraction of sp³-hybridized carbons (Fsp3) is 0.312. The Bertz CT molecular complexity index is 743. The Balaban J connectivity index is 2.13. The van der Waals surface area contributed by atoms with Crippen molar-refractivity contribution in [3.63, 3.8) is 0 Å². The number of amides is 2. The van der Waals surface area contributed by atoms with Crippen molar-refractivity contribution in [1.29, 1.82) is 0 Å². The number of aromatic nitrogens is 1. The van der Waals surface area contributed by atoms with E-state index in [0.29, 0.717) is 16.5 Å². The number of likely N-dealkylation sites (N-methyl/N-ethyl adjacent to an activating group) is 1. The van der Waals surface area contributed by atoms with Crippen LogP contribution in [-0.4, -0.2) is 56.6 Å². The lowest BCUT2D eigenvalue weighted by Crippen LogP contribution is -2.36. The largest absolute Gasteiger partial charge is 0.493 e. The molecule has 0 unspecified atom stereocenters. The Kier molecular flexibility index (Phi) is 5.75. The highest BCUT2D eigenvalue weighted by Gasteiger charge is 2.15. The molecule has 1 N–H and O–H groups in total. The van der Waals surface area contributed by atoms with Crippen LogP contribution in [0.4, 0.5) is 0 Å². The zero-order valence-corrected chi connectivity index (χ0v) is 14.8. The quantitative estimate of drug-likeness (QED) is 0.858. The molecule has 8 heteroatoms. The first-order chi connectivity index (χ1) is 11.5. The van der Waals surface area contributed by atoms with Gasteiger partial charge in [0, 0.05) is 25.0 Å². The summed E-state index contributed by atoms with van der Waals surface area (Å²) in [5.74, 6) is 0.651. The Labute approximate surface area is 144 Å². The van der Waals surface area contributed by atoms with E-state index in [1.165, 1.54) is 16.2 Å². The van der Waals surface area contributed by atoms with Gasteiger partial charge in [-0.15, -0.1) is 11.3 Å². The summed E-state index contributed by atoms with van der Waals surface area (Å²) >= 11 is 1.34. The Hall–Kier alpha value is -2.61. The molecule has 0 saturated carbocycles. The van der Waals surface area contributed by atoms with Crippen molar-refractivity contribution in [2.45, 2.75) is 0 Å². The number of ether oxygens (including phenoxy) is 2. The minimum Gasteiger partial charge on any atom is -0.493 e. The van der Waals surface area contributed by atoms with E-state index in [4.69, 9.17) is 9.47 Å². The first-order valence-corrected chi connectivity index (χ1v) is 8.00. The predicted molar refractivity (Wildman–Crippen MR) is 91.7 cm³/mol. The van der Waals surface area contributed by atoms with Gasteiger partial charge in [-0.1, -0.05) is 0 Å². The Morgan fingerprint density at radius 3 is 2.54 bits per heavy atom. The van der Waals surface area contributed by atoms with Gasteiger partial charge in [-0.3, -0.25) is 9.59 Å². The molecule has 0 fully saturated rings. The number of hydrogen-bond donors (Lipinski definition) is 1. The van der Waals surface area contributed by atoms with Crippen LogP contribution in [0.1, 0.15) is 10.5 Å². The van der Waals surface area contributed by atoms with E-state index >= 15 is 0 Å². The van der Waals surface area contributed by atoms with Crippen LogP contribution in [0.5, 0.6) is 11.5 Å². The molecule has 2 aromatic rings. The fourth-order valence-electron chi connectivity index (χ4n) is 1.88. The highest BCUT2D eigenvalue weighted by Crippen LogP contribution is 2.33. The standard InChI is InChI=1S/C16H19N3O4S/c1-19(2)14(20)8-17-15(21)11-9-24-16(18-11)10-5-6-12(22-3)13(7-10)23-4/h5-7,9H,8H2,1-4H3,(H,17,21). The first kappa shape index (κ1) is 17.7. The van der Waals surface area contributed by atoms with Gasteiger partial charge >= 0.3 is 0 Å². The summed E-state index contributed by atoms with van der Waals surface area (Å²) in [6, 6.07) is 5.43. The molecule has 0 saturated heterocycles. The van der Waals surface area contributed by atoms with Crippen molar-refractivity contribution >= 4 is 23.2 Å². The molecule has 2 amide bonds. The van der Waals surface area contributed by atoms with Gasteiger partial charge in [-0.05, 0) is 18.2 Å². The molecule has 1 aromatic carbocycles. The van der Waals surface area contributed by atoms with Crippen LogP contribution in [0.25, 0.3) is 10.6 Å². The lowest BCUT2D eigenvalue weighted by Gasteiger charge is -2.10. The molecular formula is C16H19N3O4S. The third-order valence-corrected chi connectivity index (χ3v) is 4.16. The predicted octanol–water partition coefficient (Wildman–Crippen LogP) is 1.65. The molecule has 0 aliphatic heterocycles. The maximum atomic E-state index is 12.1. The zero-order valence-electron chi connectivity index (χ0n) is 14.0. The monoisotopic (exact) mass is 349 g/mol. The van der Waals surface area contributed by atoms with E-state index in [-0.39, 0.29) is 24.1 Å². The van der Waals surface area contributed by atoms with E-state index in [9.17, 15) is 9.59 Å². The number of carbonyl (C=O) groups is 2. The normalized spacial score (nSPS) is 10.2. The molecule has 0 aliphatic carbocycles. The summed E-state index contributed by atoms with van der Waals surface area (Å²) < 4.78 is 10.5. The van der Waals surface area contributed by atoms with E-state index in [0.717, 1.165) is 5.56 Å². The number of benzene rings is 1.